The van der Waals surface area contributed by atoms with Gasteiger partial charge >= 0.3 is 0 Å². The van der Waals surface area contributed by atoms with Crippen molar-refractivity contribution in [1.82, 2.24) is 0 Å². The molecule has 0 aliphatic heterocycles. The molecule has 1 heterocycles. The Labute approximate surface area is 378 Å². The van der Waals surface area contributed by atoms with Gasteiger partial charge in [0.2, 0.25) is 0 Å². The largest absolute Gasteiger partial charge is 0.453 e. The number of benzene rings is 11. The lowest BCUT2D eigenvalue weighted by Gasteiger charge is -2.30. The lowest BCUT2D eigenvalue weighted by atomic mass is 9.90. The molecular weight excluding hydrogens is 789 g/mol. The number of furan rings is 1. The van der Waals surface area contributed by atoms with Gasteiger partial charge in [-0.15, -0.1) is 0 Å². The summed E-state index contributed by atoms with van der Waals surface area (Å²) in [6, 6.07) is 91.3. The van der Waals surface area contributed by atoms with E-state index < -0.39 is 0 Å². The number of anilines is 6. The van der Waals surface area contributed by atoms with Gasteiger partial charge in [-0.1, -0.05) is 188 Å². The van der Waals surface area contributed by atoms with Crippen molar-refractivity contribution in [2.24, 2.45) is 0 Å². The molecule has 12 rings (SSSR count). The summed E-state index contributed by atoms with van der Waals surface area (Å²) in [7, 11) is 0. The standard InChI is InChI=1S/C62H42N2O/c1-5-18-43(19-6-1)44-32-35-50(36-33-44)64(49-27-11-4-12-28-49)60-42-52(41-59-57-38-34-47-23-14-16-30-55(47)61(57)65-62(59)60)63(48-25-9-3-10-26-48)51-37-39-54(45-20-7-2-8-21-45)58(40-51)56-31-17-24-46-22-13-15-29-53(46)56/h1-42H. The Morgan fingerprint density at radius 3 is 1.49 bits per heavy atom. The molecule has 65 heavy (non-hydrogen) atoms. The first-order valence-corrected chi connectivity index (χ1v) is 22.2. The Morgan fingerprint density at radius 1 is 0.246 bits per heavy atom. The van der Waals surface area contributed by atoms with Crippen molar-refractivity contribution in [3.8, 4) is 33.4 Å². The SMILES string of the molecule is c1ccc(-c2ccc(N(c3ccccc3)c3cc(N(c4ccccc4)c4ccc(-c5ccccc5)c(-c5cccc6ccccc56)c4)cc4c3oc3c5ccccc5ccc43)cc2)cc1. The molecule has 306 valence electrons. The summed E-state index contributed by atoms with van der Waals surface area (Å²) in [4.78, 5) is 4.74. The van der Waals surface area contributed by atoms with Gasteiger partial charge in [0, 0.05) is 44.6 Å². The predicted octanol–water partition coefficient (Wildman–Crippen LogP) is 17.8. The molecular formula is C62H42N2O. The van der Waals surface area contributed by atoms with Crippen LogP contribution in [0.1, 0.15) is 0 Å². The van der Waals surface area contributed by atoms with Gasteiger partial charge in [0.1, 0.15) is 5.58 Å². The molecule has 12 aromatic rings. The zero-order valence-corrected chi connectivity index (χ0v) is 35.6. The van der Waals surface area contributed by atoms with Crippen molar-refractivity contribution in [3.05, 3.63) is 255 Å². The second-order valence-electron chi connectivity index (χ2n) is 16.5. The third kappa shape index (κ3) is 6.87. The molecule has 0 bridgehead atoms. The maximum atomic E-state index is 7.18. The number of para-hydroxylation sites is 2. The van der Waals surface area contributed by atoms with Crippen LogP contribution in [0.15, 0.2) is 259 Å². The third-order valence-electron chi connectivity index (χ3n) is 12.6. The fourth-order valence-corrected chi connectivity index (χ4v) is 9.55. The molecule has 0 aliphatic rings. The highest BCUT2D eigenvalue weighted by Crippen LogP contribution is 2.49. The van der Waals surface area contributed by atoms with Gasteiger partial charge in [-0.05, 0) is 116 Å². The minimum Gasteiger partial charge on any atom is -0.453 e. The van der Waals surface area contributed by atoms with Gasteiger partial charge in [-0.3, -0.25) is 0 Å². The van der Waals surface area contributed by atoms with Crippen molar-refractivity contribution in [3.63, 3.8) is 0 Å². The van der Waals surface area contributed by atoms with E-state index in [-0.39, 0.29) is 0 Å². The molecule has 0 aliphatic carbocycles. The van der Waals surface area contributed by atoms with Crippen molar-refractivity contribution < 1.29 is 4.42 Å². The molecule has 3 heteroatoms. The zero-order chi connectivity index (χ0) is 43.1. The summed E-state index contributed by atoms with van der Waals surface area (Å²) in [6.45, 7) is 0. The van der Waals surface area contributed by atoms with Crippen molar-refractivity contribution >= 4 is 77.6 Å². The molecule has 0 atom stereocenters. The van der Waals surface area contributed by atoms with Crippen molar-refractivity contribution in [1.29, 1.82) is 0 Å². The van der Waals surface area contributed by atoms with E-state index >= 15 is 0 Å². The van der Waals surface area contributed by atoms with E-state index in [4.69, 9.17) is 4.42 Å². The van der Waals surface area contributed by atoms with Gasteiger partial charge < -0.3 is 14.2 Å². The number of fused-ring (bicyclic) bond motifs is 6. The van der Waals surface area contributed by atoms with Crippen LogP contribution in [-0.2, 0) is 0 Å². The maximum Gasteiger partial charge on any atom is 0.159 e. The van der Waals surface area contributed by atoms with E-state index in [1.807, 2.05) is 0 Å². The minimum atomic E-state index is 0.819. The number of rotatable bonds is 9. The average molecular weight is 831 g/mol. The molecule has 0 saturated heterocycles. The highest BCUT2D eigenvalue weighted by Gasteiger charge is 2.25. The molecule has 0 N–H and O–H groups in total. The van der Waals surface area contributed by atoms with Crippen LogP contribution in [0.4, 0.5) is 34.1 Å². The average Bonchev–Trinajstić information content (AvgIpc) is 3.77. The predicted molar refractivity (Wildman–Crippen MR) is 274 cm³/mol. The topological polar surface area (TPSA) is 19.6 Å². The minimum absolute atomic E-state index is 0.819. The molecule has 11 aromatic carbocycles. The Morgan fingerprint density at radius 2 is 0.785 bits per heavy atom. The number of hydrogen-bond donors (Lipinski definition) is 0. The highest BCUT2D eigenvalue weighted by molar-refractivity contribution is 6.19. The first kappa shape index (κ1) is 38.0. The van der Waals surface area contributed by atoms with Crippen LogP contribution in [0.25, 0.3) is 76.9 Å². The van der Waals surface area contributed by atoms with Crippen LogP contribution in [0, 0.1) is 0 Å². The summed E-state index contributed by atoms with van der Waals surface area (Å²) in [5.41, 5.74) is 14.8. The Balaban J connectivity index is 1.14. The highest BCUT2D eigenvalue weighted by atomic mass is 16.3. The normalized spacial score (nSPS) is 11.4. The van der Waals surface area contributed by atoms with Crippen molar-refractivity contribution in [2.75, 3.05) is 9.80 Å². The van der Waals surface area contributed by atoms with Crippen molar-refractivity contribution in [2.45, 2.75) is 0 Å². The molecule has 1 aromatic heterocycles. The van der Waals surface area contributed by atoms with Crippen LogP contribution in [-0.4, -0.2) is 0 Å². The van der Waals surface area contributed by atoms with E-state index in [0.29, 0.717) is 0 Å². The van der Waals surface area contributed by atoms with Gasteiger partial charge in [0.05, 0.1) is 5.69 Å². The van der Waals surface area contributed by atoms with E-state index in [9.17, 15) is 0 Å². The maximum absolute atomic E-state index is 7.18. The van der Waals surface area contributed by atoms with Gasteiger partial charge in [0.25, 0.3) is 0 Å². The van der Waals surface area contributed by atoms with Gasteiger partial charge in [-0.2, -0.15) is 0 Å². The quantitative estimate of drug-likeness (QED) is 0.144. The molecule has 0 spiro atoms. The first-order valence-electron chi connectivity index (χ1n) is 22.2. The van der Waals surface area contributed by atoms with E-state index in [2.05, 4.69) is 265 Å². The summed E-state index contributed by atoms with van der Waals surface area (Å²) in [5, 5.41) is 6.76. The van der Waals surface area contributed by atoms with Gasteiger partial charge in [-0.25, -0.2) is 0 Å². The Bertz CT molecular complexity index is 3630. The fraction of sp³-hybridized carbons (Fsp3) is 0. The molecule has 0 fully saturated rings. The molecule has 3 nitrogen and oxygen atoms in total. The molecule has 0 unspecified atom stereocenters. The number of hydrogen-bond acceptors (Lipinski definition) is 3. The van der Waals surface area contributed by atoms with Crippen LogP contribution in [0.5, 0.6) is 0 Å². The Kier molecular flexibility index (Phi) is 9.50. The van der Waals surface area contributed by atoms with E-state index in [1.54, 1.807) is 0 Å². The second-order valence-corrected chi connectivity index (χ2v) is 16.5. The number of nitrogens with zero attached hydrogens (tertiary/aromatic N) is 2. The summed E-state index contributed by atoms with van der Waals surface area (Å²) in [5.74, 6) is 0. The molecule has 0 amide bonds. The van der Waals surface area contributed by atoms with Crippen LogP contribution >= 0.6 is 0 Å². The van der Waals surface area contributed by atoms with Crippen LogP contribution < -0.4 is 9.80 Å². The zero-order valence-electron chi connectivity index (χ0n) is 35.6. The smallest absolute Gasteiger partial charge is 0.159 e. The second kappa shape index (κ2) is 16.2. The van der Waals surface area contributed by atoms with Crippen LogP contribution in [0.3, 0.4) is 0 Å². The summed E-state index contributed by atoms with van der Waals surface area (Å²) < 4.78 is 7.18. The fourth-order valence-electron chi connectivity index (χ4n) is 9.55. The van der Waals surface area contributed by atoms with Gasteiger partial charge in [0.15, 0.2) is 5.58 Å². The lowest BCUT2D eigenvalue weighted by molar-refractivity contribution is 0.673. The Hall–Kier alpha value is -8.66. The summed E-state index contributed by atoms with van der Waals surface area (Å²) in [6.07, 6.45) is 0. The van der Waals surface area contributed by atoms with E-state index in [1.165, 1.54) is 33.0 Å². The molecule has 0 radical (unpaired) electrons. The van der Waals surface area contributed by atoms with Crippen LogP contribution in [0.2, 0.25) is 0 Å². The summed E-state index contributed by atoms with van der Waals surface area (Å²) >= 11 is 0. The monoisotopic (exact) mass is 830 g/mol. The third-order valence-corrected chi connectivity index (χ3v) is 12.6. The lowest BCUT2D eigenvalue weighted by Crippen LogP contribution is -2.13. The molecule has 0 saturated carbocycles. The van der Waals surface area contributed by atoms with E-state index in [0.717, 1.165) is 78.0 Å². The first-order chi connectivity index (χ1) is 32.2.